The van der Waals surface area contributed by atoms with Crippen LogP contribution in [0.25, 0.3) is 0 Å². The quantitative estimate of drug-likeness (QED) is 0.644. The Morgan fingerprint density at radius 2 is 2.20 bits per heavy atom. The second-order valence-corrected chi connectivity index (χ2v) is 5.43. The van der Waals surface area contributed by atoms with Crippen LogP contribution in [0.4, 0.5) is 5.69 Å². The standard InChI is InChI=1S/C12H14BrN3O3.ClH/c13-11-6-9(16(18)19)3-4-10(11)12(17)15-5-1-2-8(14)7-15;/h3-4,6,8H,1-2,5,7,14H2;1H/t8-;/m1./s1. The lowest BCUT2D eigenvalue weighted by Crippen LogP contribution is -2.45. The number of nitro benzene ring substituents is 1. The highest BCUT2D eigenvalue weighted by Crippen LogP contribution is 2.25. The van der Waals surface area contributed by atoms with Gasteiger partial charge in [0.15, 0.2) is 0 Å². The molecular weight excluding hydrogens is 350 g/mol. The van der Waals surface area contributed by atoms with E-state index in [4.69, 9.17) is 5.73 Å². The van der Waals surface area contributed by atoms with Crippen LogP contribution in [0, 0.1) is 10.1 Å². The zero-order chi connectivity index (χ0) is 14.0. The van der Waals surface area contributed by atoms with Crippen molar-refractivity contribution in [3.63, 3.8) is 0 Å². The van der Waals surface area contributed by atoms with Crippen LogP contribution in [0.2, 0.25) is 0 Å². The van der Waals surface area contributed by atoms with Crippen LogP contribution in [-0.2, 0) is 0 Å². The summed E-state index contributed by atoms with van der Waals surface area (Å²) in [5.41, 5.74) is 6.24. The SMILES string of the molecule is Cl.N[C@@H]1CCCN(C(=O)c2ccc([N+](=O)[O-])cc2Br)C1. The Morgan fingerprint density at radius 3 is 2.75 bits per heavy atom. The number of benzene rings is 1. The average Bonchev–Trinajstić information content (AvgIpc) is 2.37. The number of nitrogens with two attached hydrogens (primary N) is 1. The van der Waals surface area contributed by atoms with Gasteiger partial charge in [-0.15, -0.1) is 12.4 Å². The van der Waals surface area contributed by atoms with Gasteiger partial charge in [-0.25, -0.2) is 0 Å². The second kappa shape index (κ2) is 7.01. The number of piperidine rings is 1. The number of likely N-dealkylation sites (tertiary alicyclic amines) is 1. The lowest BCUT2D eigenvalue weighted by atomic mass is 10.1. The van der Waals surface area contributed by atoms with E-state index in [0.717, 1.165) is 12.8 Å². The van der Waals surface area contributed by atoms with Crippen LogP contribution in [-0.4, -0.2) is 34.9 Å². The van der Waals surface area contributed by atoms with Crippen molar-refractivity contribution in [1.29, 1.82) is 0 Å². The third kappa shape index (κ3) is 3.68. The predicted molar refractivity (Wildman–Crippen MR) is 81.2 cm³/mol. The lowest BCUT2D eigenvalue weighted by molar-refractivity contribution is -0.384. The minimum Gasteiger partial charge on any atom is -0.337 e. The molecule has 1 saturated heterocycles. The number of rotatable bonds is 2. The monoisotopic (exact) mass is 363 g/mol. The largest absolute Gasteiger partial charge is 0.337 e. The van der Waals surface area contributed by atoms with Crippen LogP contribution in [0.1, 0.15) is 23.2 Å². The highest BCUT2D eigenvalue weighted by atomic mass is 79.9. The van der Waals surface area contributed by atoms with E-state index >= 15 is 0 Å². The summed E-state index contributed by atoms with van der Waals surface area (Å²) in [4.78, 5) is 24.2. The molecule has 1 atom stereocenters. The van der Waals surface area contributed by atoms with Crippen molar-refractivity contribution in [3.8, 4) is 0 Å². The summed E-state index contributed by atoms with van der Waals surface area (Å²) >= 11 is 3.21. The number of halogens is 2. The van der Waals surface area contributed by atoms with Crippen LogP contribution < -0.4 is 5.73 Å². The Morgan fingerprint density at radius 1 is 1.50 bits per heavy atom. The molecule has 8 heteroatoms. The fourth-order valence-electron chi connectivity index (χ4n) is 2.16. The maximum atomic E-state index is 12.3. The van der Waals surface area contributed by atoms with Gasteiger partial charge in [0.05, 0.1) is 10.5 Å². The summed E-state index contributed by atoms with van der Waals surface area (Å²) in [6.07, 6.45) is 1.81. The Balaban J connectivity index is 0.00000200. The normalized spacial score (nSPS) is 18.3. The number of amides is 1. The Hall–Kier alpha value is -1.18. The molecule has 6 nitrogen and oxygen atoms in total. The lowest BCUT2D eigenvalue weighted by Gasteiger charge is -2.31. The van der Waals surface area contributed by atoms with Crippen LogP contribution in [0.5, 0.6) is 0 Å². The van der Waals surface area contributed by atoms with Crippen molar-refractivity contribution in [2.45, 2.75) is 18.9 Å². The van der Waals surface area contributed by atoms with E-state index in [1.54, 1.807) is 4.90 Å². The van der Waals surface area contributed by atoms with E-state index < -0.39 is 4.92 Å². The predicted octanol–water partition coefficient (Wildman–Crippen LogP) is 2.34. The Bertz CT molecular complexity index is 527. The fourth-order valence-corrected chi connectivity index (χ4v) is 2.69. The van der Waals surface area contributed by atoms with Crippen LogP contribution >= 0.6 is 28.3 Å². The van der Waals surface area contributed by atoms with Gasteiger partial charge in [-0.3, -0.25) is 14.9 Å². The molecule has 0 bridgehead atoms. The molecule has 0 unspecified atom stereocenters. The molecular formula is C12H15BrClN3O3. The second-order valence-electron chi connectivity index (χ2n) is 4.57. The van der Waals surface area contributed by atoms with Gasteiger partial charge in [0.2, 0.25) is 0 Å². The van der Waals surface area contributed by atoms with Crippen molar-refractivity contribution >= 4 is 39.9 Å². The third-order valence-corrected chi connectivity index (χ3v) is 3.80. The minimum absolute atomic E-state index is 0. The molecule has 110 valence electrons. The number of nitro groups is 1. The molecule has 1 aliphatic rings. The van der Waals surface area contributed by atoms with Crippen molar-refractivity contribution in [3.05, 3.63) is 38.3 Å². The van der Waals surface area contributed by atoms with Gasteiger partial charge >= 0.3 is 0 Å². The first-order valence-electron chi connectivity index (χ1n) is 5.98. The summed E-state index contributed by atoms with van der Waals surface area (Å²) in [5, 5.41) is 10.7. The number of hydrogen-bond acceptors (Lipinski definition) is 4. The molecule has 2 rings (SSSR count). The maximum absolute atomic E-state index is 12.3. The summed E-state index contributed by atoms with van der Waals surface area (Å²) < 4.78 is 0.436. The van der Waals surface area contributed by atoms with E-state index in [1.807, 2.05) is 0 Å². The van der Waals surface area contributed by atoms with Gasteiger partial charge in [-0.1, -0.05) is 0 Å². The first-order chi connectivity index (χ1) is 8.99. The molecule has 1 aliphatic heterocycles. The van der Waals surface area contributed by atoms with Gasteiger partial charge in [0.1, 0.15) is 0 Å². The topological polar surface area (TPSA) is 89.5 Å². The summed E-state index contributed by atoms with van der Waals surface area (Å²) in [6, 6.07) is 4.17. The Kier molecular flexibility index (Phi) is 5.91. The number of nitrogens with zero attached hydrogens (tertiary/aromatic N) is 2. The summed E-state index contributed by atoms with van der Waals surface area (Å²) in [5.74, 6) is -0.142. The van der Waals surface area contributed by atoms with Crippen LogP contribution in [0.15, 0.2) is 22.7 Å². The molecule has 2 N–H and O–H groups in total. The number of hydrogen-bond donors (Lipinski definition) is 1. The van der Waals surface area contributed by atoms with E-state index in [0.29, 0.717) is 23.1 Å². The Labute approximate surface area is 131 Å². The van der Waals surface area contributed by atoms with Gasteiger partial charge in [0.25, 0.3) is 11.6 Å². The number of carbonyl (C=O) groups excluding carboxylic acids is 1. The minimum atomic E-state index is -0.490. The van der Waals surface area contributed by atoms with E-state index in [1.165, 1.54) is 18.2 Å². The highest BCUT2D eigenvalue weighted by Gasteiger charge is 2.24. The molecule has 0 spiro atoms. The first kappa shape index (κ1) is 16.9. The molecule has 0 saturated carbocycles. The maximum Gasteiger partial charge on any atom is 0.270 e. The molecule has 1 amide bonds. The molecule has 20 heavy (non-hydrogen) atoms. The van der Waals surface area contributed by atoms with Gasteiger partial charge in [0, 0.05) is 35.7 Å². The van der Waals surface area contributed by atoms with Gasteiger partial charge in [-0.05, 0) is 34.8 Å². The van der Waals surface area contributed by atoms with Gasteiger partial charge < -0.3 is 10.6 Å². The molecule has 1 aromatic rings. The van der Waals surface area contributed by atoms with E-state index in [9.17, 15) is 14.9 Å². The summed E-state index contributed by atoms with van der Waals surface area (Å²) in [6.45, 7) is 1.21. The average molecular weight is 365 g/mol. The fraction of sp³-hybridized carbons (Fsp3) is 0.417. The third-order valence-electron chi connectivity index (χ3n) is 3.14. The van der Waals surface area contributed by atoms with Crippen molar-refractivity contribution < 1.29 is 9.72 Å². The molecule has 1 aromatic carbocycles. The molecule has 0 aliphatic carbocycles. The number of non-ortho nitro benzene ring substituents is 1. The smallest absolute Gasteiger partial charge is 0.270 e. The van der Waals surface area contributed by atoms with Gasteiger partial charge in [-0.2, -0.15) is 0 Å². The molecule has 1 fully saturated rings. The summed E-state index contributed by atoms with van der Waals surface area (Å²) in [7, 11) is 0. The zero-order valence-electron chi connectivity index (χ0n) is 10.6. The van der Waals surface area contributed by atoms with Crippen molar-refractivity contribution in [2.75, 3.05) is 13.1 Å². The van der Waals surface area contributed by atoms with E-state index in [-0.39, 0.29) is 30.0 Å². The first-order valence-corrected chi connectivity index (χ1v) is 6.77. The van der Waals surface area contributed by atoms with Crippen molar-refractivity contribution in [1.82, 2.24) is 4.90 Å². The molecule has 1 heterocycles. The zero-order valence-corrected chi connectivity index (χ0v) is 13.0. The van der Waals surface area contributed by atoms with E-state index in [2.05, 4.69) is 15.9 Å². The number of carbonyl (C=O) groups is 1. The van der Waals surface area contributed by atoms with Crippen molar-refractivity contribution in [2.24, 2.45) is 5.73 Å². The molecule has 0 radical (unpaired) electrons. The highest BCUT2D eigenvalue weighted by molar-refractivity contribution is 9.10. The van der Waals surface area contributed by atoms with Crippen LogP contribution in [0.3, 0.4) is 0 Å². The molecule has 0 aromatic heterocycles.